The van der Waals surface area contributed by atoms with Crippen LogP contribution in [0.4, 0.5) is 0 Å². The third-order valence-corrected chi connectivity index (χ3v) is 8.13. The van der Waals surface area contributed by atoms with Crippen LogP contribution in [-0.2, 0) is 19.7 Å². The van der Waals surface area contributed by atoms with Crippen LogP contribution in [0.25, 0.3) is 10.9 Å². The number of carbonyl (C=O) groups excluding carboxylic acids is 1. The number of aromatic nitrogens is 1. The Hall–Kier alpha value is -1.69. The third kappa shape index (κ3) is 3.53. The maximum Gasteiger partial charge on any atom is 0.142 e. The first kappa shape index (κ1) is 22.1. The Balaban J connectivity index is 1.65. The molecule has 5 nitrogen and oxygen atoms in total. The van der Waals surface area contributed by atoms with E-state index in [9.17, 15) is 4.79 Å². The zero-order valence-electron chi connectivity index (χ0n) is 19.7. The molecule has 2 saturated heterocycles. The van der Waals surface area contributed by atoms with Crippen LogP contribution in [0, 0.1) is 11.8 Å². The van der Waals surface area contributed by atoms with Gasteiger partial charge in [0.1, 0.15) is 5.78 Å². The van der Waals surface area contributed by atoms with Gasteiger partial charge < -0.3 is 14.5 Å². The van der Waals surface area contributed by atoms with Gasteiger partial charge in [0.15, 0.2) is 0 Å². The number of benzene rings is 1. The number of fused-ring (bicyclic) bond motifs is 4. The van der Waals surface area contributed by atoms with Crippen molar-refractivity contribution in [2.24, 2.45) is 11.8 Å². The lowest BCUT2D eigenvalue weighted by Gasteiger charge is -2.41. The first-order chi connectivity index (χ1) is 15.7. The van der Waals surface area contributed by atoms with Crippen LogP contribution < -0.4 is 0 Å². The molecule has 3 aliphatic rings. The Bertz CT molecular complexity index is 940. The lowest BCUT2D eigenvalue weighted by molar-refractivity contribution is -0.132. The molecule has 4 bridgehead atoms. The van der Waals surface area contributed by atoms with E-state index in [4.69, 9.17) is 9.47 Å². The zero-order valence-corrected chi connectivity index (χ0v) is 19.7. The van der Waals surface area contributed by atoms with Crippen molar-refractivity contribution in [1.29, 1.82) is 0 Å². The summed E-state index contributed by atoms with van der Waals surface area (Å²) in [7, 11) is 0. The number of para-hydroxylation sites is 1. The maximum absolute atomic E-state index is 14.0. The molecular weight excluding hydrogens is 400 g/mol. The molecule has 5 rings (SSSR count). The van der Waals surface area contributed by atoms with Gasteiger partial charge in [-0.2, -0.15) is 0 Å². The van der Waals surface area contributed by atoms with Crippen molar-refractivity contribution in [2.75, 3.05) is 39.5 Å². The van der Waals surface area contributed by atoms with Crippen LogP contribution in [0.5, 0.6) is 0 Å². The fourth-order valence-electron chi connectivity index (χ4n) is 6.46. The van der Waals surface area contributed by atoms with Crippen LogP contribution in [0.1, 0.15) is 69.7 Å². The van der Waals surface area contributed by atoms with Crippen LogP contribution in [0.3, 0.4) is 0 Å². The van der Waals surface area contributed by atoms with Crippen LogP contribution in [-0.4, -0.2) is 55.2 Å². The topological polar surface area (TPSA) is 54.6 Å². The number of rotatable bonds is 10. The van der Waals surface area contributed by atoms with Crippen molar-refractivity contribution >= 4 is 16.7 Å². The quantitative estimate of drug-likeness (QED) is 0.530. The van der Waals surface area contributed by atoms with Gasteiger partial charge in [-0.25, -0.2) is 0 Å². The van der Waals surface area contributed by atoms with Gasteiger partial charge in [0.2, 0.25) is 0 Å². The number of aromatic amines is 1. The Labute approximate surface area is 191 Å². The standard InChI is InChI=1S/C27H38N2O3/c1-3-5-15-31-17-27(18-32-16-6-4-2)21-12-14-29-13-11-20(25(21)30)24(29)23-19-9-7-8-10-22(19)28-26(23)27/h7-10,20-21,24,28H,3-6,11-18H2,1-2H3/t20?,21-,24+/m1/s1. The average Bonchev–Trinajstić information content (AvgIpc) is 3.33. The van der Waals surface area contributed by atoms with Crippen molar-refractivity contribution in [1.82, 2.24) is 9.88 Å². The van der Waals surface area contributed by atoms with E-state index in [1.807, 2.05) is 0 Å². The zero-order chi connectivity index (χ0) is 22.1. The largest absolute Gasteiger partial charge is 0.380 e. The number of ketones is 1. The van der Waals surface area contributed by atoms with E-state index in [0.29, 0.717) is 19.0 Å². The molecule has 4 atom stereocenters. The lowest BCUT2D eigenvalue weighted by Crippen LogP contribution is -2.49. The minimum Gasteiger partial charge on any atom is -0.380 e. The molecule has 1 aromatic heterocycles. The van der Waals surface area contributed by atoms with E-state index in [1.54, 1.807) is 0 Å². The van der Waals surface area contributed by atoms with E-state index in [0.717, 1.165) is 64.8 Å². The molecular formula is C27H38N2O3. The minimum absolute atomic E-state index is 0.0575. The smallest absolute Gasteiger partial charge is 0.142 e. The summed E-state index contributed by atoms with van der Waals surface area (Å²) in [5.41, 5.74) is 3.29. The molecule has 2 unspecified atom stereocenters. The molecule has 3 heterocycles. The molecule has 5 heteroatoms. The number of nitrogens with zero attached hydrogens (tertiary/aromatic N) is 1. The number of unbranched alkanes of at least 4 members (excludes halogenated alkanes) is 2. The predicted octanol–water partition coefficient (Wildman–Crippen LogP) is 5.00. The number of H-pyrrole nitrogens is 1. The fraction of sp³-hybridized carbons (Fsp3) is 0.667. The third-order valence-electron chi connectivity index (χ3n) is 8.13. The Morgan fingerprint density at radius 2 is 1.72 bits per heavy atom. The molecule has 174 valence electrons. The second-order valence-corrected chi connectivity index (χ2v) is 10.0. The van der Waals surface area contributed by atoms with Gasteiger partial charge in [-0.3, -0.25) is 9.69 Å². The van der Waals surface area contributed by atoms with Crippen LogP contribution in [0.2, 0.25) is 0 Å². The minimum atomic E-state index is -0.441. The van der Waals surface area contributed by atoms with Gasteiger partial charge in [0, 0.05) is 47.7 Å². The first-order valence-electron chi connectivity index (χ1n) is 12.8. The van der Waals surface area contributed by atoms with Gasteiger partial charge >= 0.3 is 0 Å². The highest BCUT2D eigenvalue weighted by molar-refractivity contribution is 5.92. The number of Topliss-reactive ketones (excluding diaryl/α,β-unsaturated/α-hetero) is 1. The van der Waals surface area contributed by atoms with E-state index < -0.39 is 5.41 Å². The molecule has 2 fully saturated rings. The highest BCUT2D eigenvalue weighted by Crippen LogP contribution is 2.55. The average molecular weight is 439 g/mol. The monoisotopic (exact) mass is 438 g/mol. The highest BCUT2D eigenvalue weighted by atomic mass is 16.5. The van der Waals surface area contributed by atoms with Crippen molar-refractivity contribution in [3.63, 3.8) is 0 Å². The number of carbonyl (C=O) groups is 1. The number of ether oxygens (including phenoxy) is 2. The van der Waals surface area contributed by atoms with Gasteiger partial charge in [-0.15, -0.1) is 0 Å². The fourth-order valence-corrected chi connectivity index (χ4v) is 6.46. The van der Waals surface area contributed by atoms with Gasteiger partial charge in [0.05, 0.1) is 18.6 Å². The summed E-state index contributed by atoms with van der Waals surface area (Å²) in [6.45, 7) is 8.97. The molecule has 32 heavy (non-hydrogen) atoms. The van der Waals surface area contributed by atoms with Gasteiger partial charge in [-0.1, -0.05) is 44.9 Å². The Morgan fingerprint density at radius 3 is 2.44 bits per heavy atom. The first-order valence-corrected chi connectivity index (χ1v) is 12.8. The molecule has 1 N–H and O–H groups in total. The van der Waals surface area contributed by atoms with Gasteiger partial charge in [-0.05, 0) is 50.4 Å². The van der Waals surface area contributed by atoms with E-state index in [-0.39, 0.29) is 17.9 Å². The summed E-state index contributed by atoms with van der Waals surface area (Å²) >= 11 is 0. The highest BCUT2D eigenvalue weighted by Gasteiger charge is 2.58. The predicted molar refractivity (Wildman–Crippen MR) is 127 cm³/mol. The summed E-state index contributed by atoms with van der Waals surface area (Å²) in [4.78, 5) is 20.4. The number of hydrogen-bond acceptors (Lipinski definition) is 4. The van der Waals surface area contributed by atoms with Crippen molar-refractivity contribution in [3.05, 3.63) is 35.5 Å². The molecule has 0 amide bonds. The number of hydrogen-bond donors (Lipinski definition) is 1. The van der Waals surface area contributed by atoms with E-state index in [2.05, 4.69) is 48.0 Å². The SMILES string of the molecule is CCCCOCC1(COCCCC)c2[nH]c3ccccc3c2[C@@H]2C3CCN2CC[C@@H]1C3=O. The molecule has 2 aromatic rings. The van der Waals surface area contributed by atoms with E-state index in [1.165, 1.54) is 22.2 Å². The summed E-state index contributed by atoms with van der Waals surface area (Å²) in [6, 6.07) is 8.81. The summed E-state index contributed by atoms with van der Waals surface area (Å²) in [5, 5.41) is 1.27. The summed E-state index contributed by atoms with van der Waals surface area (Å²) in [6.07, 6.45) is 6.18. The maximum atomic E-state index is 14.0. The van der Waals surface area contributed by atoms with Gasteiger partial charge in [0.25, 0.3) is 0 Å². The normalized spacial score (nSPS) is 28.1. The molecule has 1 aliphatic carbocycles. The second kappa shape index (κ2) is 9.28. The molecule has 0 saturated carbocycles. The Morgan fingerprint density at radius 1 is 1.03 bits per heavy atom. The second-order valence-electron chi connectivity index (χ2n) is 10.0. The van der Waals surface area contributed by atoms with Crippen LogP contribution >= 0.6 is 0 Å². The number of nitrogens with one attached hydrogen (secondary N) is 1. The molecule has 1 aromatic carbocycles. The van der Waals surface area contributed by atoms with Crippen molar-refractivity contribution in [2.45, 2.75) is 63.8 Å². The summed E-state index contributed by atoms with van der Waals surface area (Å²) < 4.78 is 12.7. The van der Waals surface area contributed by atoms with E-state index >= 15 is 0 Å². The van der Waals surface area contributed by atoms with Crippen molar-refractivity contribution in [3.8, 4) is 0 Å². The summed E-state index contributed by atoms with van der Waals surface area (Å²) in [5.74, 6) is 0.480. The molecule has 2 aliphatic heterocycles. The van der Waals surface area contributed by atoms with Crippen LogP contribution in [0.15, 0.2) is 24.3 Å². The Kier molecular flexibility index (Phi) is 6.42. The molecule has 0 spiro atoms. The lowest BCUT2D eigenvalue weighted by atomic mass is 9.69. The van der Waals surface area contributed by atoms with Crippen molar-refractivity contribution < 1.29 is 14.3 Å². The molecule has 0 radical (unpaired) electrons.